The molecule has 0 bridgehead atoms. The van der Waals surface area contributed by atoms with E-state index < -0.39 is 5.41 Å². The standard InChI is InChI=1S/C20H10Br2/c1-3-4-5-6-11-20(2)18-12-14(21)7-9-16(18)17-10-8-15(22)13-19(17)20/h1,7-10,12-13H,2H3. The normalized spacial score (nSPS) is 12.8. The topological polar surface area (TPSA) is 0 Å². The summed E-state index contributed by atoms with van der Waals surface area (Å²) in [5.41, 5.74) is 4.40. The van der Waals surface area contributed by atoms with Gasteiger partial charge in [0.2, 0.25) is 0 Å². The second kappa shape index (κ2) is 5.70. The van der Waals surface area contributed by atoms with Gasteiger partial charge < -0.3 is 0 Å². The van der Waals surface area contributed by atoms with Crippen molar-refractivity contribution in [2.75, 3.05) is 0 Å². The summed E-state index contributed by atoms with van der Waals surface area (Å²) < 4.78 is 2.08. The highest BCUT2D eigenvalue weighted by Gasteiger charge is 2.38. The molecule has 3 rings (SSSR count). The van der Waals surface area contributed by atoms with Gasteiger partial charge in [-0.2, -0.15) is 0 Å². The van der Waals surface area contributed by atoms with Gasteiger partial charge in [0.1, 0.15) is 0 Å². The molecule has 0 nitrogen and oxygen atoms in total. The minimum absolute atomic E-state index is 0.401. The minimum Gasteiger partial charge on any atom is -0.106 e. The fraction of sp³-hybridized carbons (Fsp3) is 0.100. The number of benzene rings is 2. The average molecular weight is 410 g/mol. The molecule has 2 aromatic carbocycles. The highest BCUT2D eigenvalue weighted by molar-refractivity contribution is 9.10. The van der Waals surface area contributed by atoms with E-state index in [0.717, 1.165) is 8.95 Å². The molecule has 0 saturated carbocycles. The zero-order chi connectivity index (χ0) is 15.7. The van der Waals surface area contributed by atoms with Gasteiger partial charge in [-0.15, -0.1) is 6.42 Å². The van der Waals surface area contributed by atoms with E-state index in [2.05, 4.69) is 105 Å². The summed E-state index contributed by atoms with van der Waals surface area (Å²) in [5.74, 6) is 13.7. The summed E-state index contributed by atoms with van der Waals surface area (Å²) in [5, 5.41) is 0. The molecular formula is C20H10Br2. The van der Waals surface area contributed by atoms with Crippen LogP contribution in [0.5, 0.6) is 0 Å². The van der Waals surface area contributed by atoms with Crippen LogP contribution in [-0.2, 0) is 5.41 Å². The van der Waals surface area contributed by atoms with Gasteiger partial charge in [0.15, 0.2) is 0 Å². The molecule has 0 N–H and O–H groups in total. The fourth-order valence-electron chi connectivity index (χ4n) is 2.83. The first kappa shape index (κ1) is 15.0. The summed E-state index contributed by atoms with van der Waals surface area (Å²) in [7, 11) is 0. The lowest BCUT2D eigenvalue weighted by Crippen LogP contribution is -2.18. The third-order valence-electron chi connectivity index (χ3n) is 3.84. The molecule has 104 valence electrons. The summed E-state index contributed by atoms with van der Waals surface area (Å²) in [6.45, 7) is 2.13. The van der Waals surface area contributed by atoms with Crippen molar-refractivity contribution in [2.24, 2.45) is 0 Å². The Bertz CT molecular complexity index is 886. The SMILES string of the molecule is C#CC#CC#CC1(C)c2cc(Br)ccc2-c2ccc(Br)cc21. The first-order chi connectivity index (χ1) is 10.6. The Kier molecular flexibility index (Phi) is 3.88. The van der Waals surface area contributed by atoms with Crippen LogP contribution in [0.15, 0.2) is 45.3 Å². The van der Waals surface area contributed by atoms with Gasteiger partial charge in [-0.1, -0.05) is 49.9 Å². The van der Waals surface area contributed by atoms with E-state index in [-0.39, 0.29) is 0 Å². The molecule has 0 aromatic heterocycles. The van der Waals surface area contributed by atoms with Crippen molar-refractivity contribution in [3.05, 3.63) is 56.5 Å². The van der Waals surface area contributed by atoms with E-state index in [1.54, 1.807) is 0 Å². The molecule has 0 saturated heterocycles. The van der Waals surface area contributed by atoms with Gasteiger partial charge in [0.05, 0.1) is 5.41 Å². The molecule has 0 unspecified atom stereocenters. The van der Waals surface area contributed by atoms with E-state index in [4.69, 9.17) is 6.42 Å². The quantitative estimate of drug-likeness (QED) is 0.528. The van der Waals surface area contributed by atoms with E-state index in [9.17, 15) is 0 Å². The highest BCUT2D eigenvalue weighted by Crippen LogP contribution is 2.49. The van der Waals surface area contributed by atoms with Gasteiger partial charge in [-0.05, 0) is 77.1 Å². The third kappa shape index (κ3) is 2.38. The molecule has 22 heavy (non-hydrogen) atoms. The first-order valence-corrected chi connectivity index (χ1v) is 8.23. The average Bonchev–Trinajstić information content (AvgIpc) is 2.73. The van der Waals surface area contributed by atoms with Crippen LogP contribution in [0.1, 0.15) is 18.1 Å². The Balaban J connectivity index is 2.30. The molecule has 0 heterocycles. The van der Waals surface area contributed by atoms with E-state index in [1.165, 1.54) is 22.3 Å². The van der Waals surface area contributed by atoms with Gasteiger partial charge in [-0.25, -0.2) is 0 Å². The molecule has 0 amide bonds. The van der Waals surface area contributed by atoms with Crippen LogP contribution in [-0.4, -0.2) is 0 Å². The molecule has 0 aliphatic heterocycles. The van der Waals surface area contributed by atoms with Gasteiger partial charge in [0.25, 0.3) is 0 Å². The number of terminal acetylenes is 1. The number of halogens is 2. The van der Waals surface area contributed by atoms with E-state index in [1.807, 2.05) is 0 Å². The van der Waals surface area contributed by atoms with E-state index >= 15 is 0 Å². The molecule has 0 spiro atoms. The first-order valence-electron chi connectivity index (χ1n) is 6.64. The molecule has 1 aliphatic carbocycles. The van der Waals surface area contributed by atoms with Crippen molar-refractivity contribution >= 4 is 31.9 Å². The summed E-state index contributed by atoms with van der Waals surface area (Å²) in [6.07, 6.45) is 5.14. The van der Waals surface area contributed by atoms with Crippen molar-refractivity contribution in [1.29, 1.82) is 0 Å². The Hall–Kier alpha value is -1.92. The summed E-state index contributed by atoms with van der Waals surface area (Å²) in [4.78, 5) is 0. The zero-order valence-corrected chi connectivity index (χ0v) is 15.0. The maximum atomic E-state index is 5.14. The molecule has 2 heteroatoms. The van der Waals surface area contributed by atoms with E-state index in [0.29, 0.717) is 0 Å². The second-order valence-corrected chi connectivity index (χ2v) is 6.98. The maximum Gasteiger partial charge on any atom is 0.0806 e. The van der Waals surface area contributed by atoms with Gasteiger partial charge in [0, 0.05) is 8.95 Å². The van der Waals surface area contributed by atoms with Crippen LogP contribution in [0.3, 0.4) is 0 Å². The monoisotopic (exact) mass is 408 g/mol. The Morgan fingerprint density at radius 3 is 1.91 bits per heavy atom. The van der Waals surface area contributed by atoms with Crippen molar-refractivity contribution < 1.29 is 0 Å². The molecule has 2 aromatic rings. The lowest BCUT2D eigenvalue weighted by Gasteiger charge is -2.20. The number of hydrogen-bond donors (Lipinski definition) is 0. The van der Waals surface area contributed by atoms with Crippen molar-refractivity contribution in [3.63, 3.8) is 0 Å². The van der Waals surface area contributed by atoms with Gasteiger partial charge >= 0.3 is 0 Å². The van der Waals surface area contributed by atoms with Crippen LogP contribution < -0.4 is 0 Å². The van der Waals surface area contributed by atoms with Gasteiger partial charge in [-0.3, -0.25) is 0 Å². The predicted molar refractivity (Wildman–Crippen MR) is 98.1 cm³/mol. The molecule has 1 aliphatic rings. The van der Waals surface area contributed by atoms with Crippen molar-refractivity contribution in [1.82, 2.24) is 0 Å². The van der Waals surface area contributed by atoms with Crippen molar-refractivity contribution in [3.8, 4) is 47.2 Å². The summed E-state index contributed by atoms with van der Waals surface area (Å²) in [6, 6.07) is 12.6. The third-order valence-corrected chi connectivity index (χ3v) is 4.83. The number of fused-ring (bicyclic) bond motifs is 3. The summed E-state index contributed by atoms with van der Waals surface area (Å²) >= 11 is 7.11. The van der Waals surface area contributed by atoms with Crippen LogP contribution >= 0.6 is 31.9 Å². The predicted octanol–water partition coefficient (Wildman–Crippen LogP) is 5.14. The molecule has 0 radical (unpaired) electrons. The van der Waals surface area contributed by atoms with Crippen LogP contribution in [0.25, 0.3) is 11.1 Å². The van der Waals surface area contributed by atoms with Crippen molar-refractivity contribution in [2.45, 2.75) is 12.3 Å². The Labute approximate surface area is 147 Å². The second-order valence-electron chi connectivity index (χ2n) is 5.15. The Morgan fingerprint density at radius 2 is 1.41 bits per heavy atom. The highest BCUT2D eigenvalue weighted by atomic mass is 79.9. The largest absolute Gasteiger partial charge is 0.106 e. The fourth-order valence-corrected chi connectivity index (χ4v) is 3.56. The lowest BCUT2D eigenvalue weighted by molar-refractivity contribution is 0.777. The van der Waals surface area contributed by atoms with Crippen LogP contribution in [0.2, 0.25) is 0 Å². The molecule has 0 fully saturated rings. The molecule has 0 atom stereocenters. The zero-order valence-electron chi connectivity index (χ0n) is 11.8. The smallest absolute Gasteiger partial charge is 0.0806 e. The number of hydrogen-bond acceptors (Lipinski definition) is 0. The van der Waals surface area contributed by atoms with Crippen LogP contribution in [0.4, 0.5) is 0 Å². The maximum absolute atomic E-state index is 5.14. The van der Waals surface area contributed by atoms with Crippen LogP contribution in [0, 0.1) is 36.0 Å². The lowest BCUT2D eigenvalue weighted by atomic mass is 9.81. The number of rotatable bonds is 0. The minimum atomic E-state index is -0.401. The molecular weight excluding hydrogens is 400 g/mol. The Morgan fingerprint density at radius 1 is 0.864 bits per heavy atom.